The largest absolute Gasteiger partial charge is 0.315 e. The van der Waals surface area contributed by atoms with Crippen LogP contribution in [-0.2, 0) is 6.42 Å². The molecule has 2 rings (SSSR count). The van der Waals surface area contributed by atoms with Crippen molar-refractivity contribution < 1.29 is 0 Å². The number of halogens is 1. The van der Waals surface area contributed by atoms with Gasteiger partial charge in [-0.05, 0) is 72.1 Å². The third-order valence-electron chi connectivity index (χ3n) is 4.40. The molecule has 1 N–H and O–H groups in total. The second-order valence-electron chi connectivity index (χ2n) is 6.27. The zero-order valence-electron chi connectivity index (χ0n) is 12.2. The zero-order chi connectivity index (χ0) is 13.7. The molecule has 1 aliphatic carbocycles. The molecular formula is C16H26BrNS. The lowest BCUT2D eigenvalue weighted by Crippen LogP contribution is -2.29. The number of hydrogen-bond acceptors (Lipinski definition) is 2. The van der Waals surface area contributed by atoms with E-state index in [1.165, 1.54) is 60.2 Å². The highest BCUT2D eigenvalue weighted by Crippen LogP contribution is 2.45. The van der Waals surface area contributed by atoms with Gasteiger partial charge in [0.2, 0.25) is 0 Å². The molecule has 1 aromatic rings. The summed E-state index contributed by atoms with van der Waals surface area (Å²) < 4.78 is 1.27. The summed E-state index contributed by atoms with van der Waals surface area (Å²) in [6.07, 6.45) is 9.76. The molecule has 19 heavy (non-hydrogen) atoms. The highest BCUT2D eigenvalue weighted by molar-refractivity contribution is 9.11. The minimum Gasteiger partial charge on any atom is -0.315 e. The molecule has 0 radical (unpaired) electrons. The van der Waals surface area contributed by atoms with Crippen molar-refractivity contribution in [3.63, 3.8) is 0 Å². The van der Waals surface area contributed by atoms with Gasteiger partial charge >= 0.3 is 0 Å². The minimum atomic E-state index is 0.617. The maximum atomic E-state index is 3.59. The SMILES string of the molecule is CC(C)NCCC1(CCc2ccc(Br)s2)CCCC1. The highest BCUT2D eigenvalue weighted by atomic mass is 79.9. The van der Waals surface area contributed by atoms with Gasteiger partial charge in [-0.3, -0.25) is 0 Å². The summed E-state index contributed by atoms with van der Waals surface area (Å²) in [7, 11) is 0. The molecule has 1 saturated carbocycles. The van der Waals surface area contributed by atoms with Crippen molar-refractivity contribution in [3.05, 3.63) is 20.8 Å². The van der Waals surface area contributed by atoms with E-state index in [9.17, 15) is 0 Å². The van der Waals surface area contributed by atoms with Crippen molar-refractivity contribution in [1.29, 1.82) is 0 Å². The fourth-order valence-electron chi connectivity index (χ4n) is 3.25. The Labute approximate surface area is 130 Å². The van der Waals surface area contributed by atoms with Crippen molar-refractivity contribution >= 4 is 27.3 Å². The summed E-state index contributed by atoms with van der Waals surface area (Å²) in [6.45, 7) is 5.67. The third-order valence-corrected chi connectivity index (χ3v) is 6.09. The van der Waals surface area contributed by atoms with Crippen LogP contribution in [0.25, 0.3) is 0 Å². The lowest BCUT2D eigenvalue weighted by atomic mass is 9.78. The predicted molar refractivity (Wildman–Crippen MR) is 89.0 cm³/mol. The first-order valence-corrected chi connectivity index (χ1v) is 9.18. The summed E-state index contributed by atoms with van der Waals surface area (Å²) in [5.41, 5.74) is 0.623. The van der Waals surface area contributed by atoms with E-state index in [2.05, 4.69) is 47.2 Å². The summed E-state index contributed by atoms with van der Waals surface area (Å²) in [5.74, 6) is 0. The molecule has 108 valence electrons. The van der Waals surface area contributed by atoms with E-state index in [0.29, 0.717) is 11.5 Å². The number of hydrogen-bond donors (Lipinski definition) is 1. The van der Waals surface area contributed by atoms with E-state index < -0.39 is 0 Å². The van der Waals surface area contributed by atoms with Gasteiger partial charge in [0.25, 0.3) is 0 Å². The Morgan fingerprint density at radius 3 is 2.58 bits per heavy atom. The van der Waals surface area contributed by atoms with Crippen molar-refractivity contribution in [1.82, 2.24) is 5.32 Å². The predicted octanol–water partition coefficient (Wildman–Crippen LogP) is 5.39. The molecule has 0 aliphatic heterocycles. The van der Waals surface area contributed by atoms with Gasteiger partial charge < -0.3 is 5.32 Å². The van der Waals surface area contributed by atoms with E-state index in [0.717, 1.165) is 0 Å². The molecule has 1 heterocycles. The molecule has 1 aliphatic rings. The van der Waals surface area contributed by atoms with Gasteiger partial charge in [0.15, 0.2) is 0 Å². The van der Waals surface area contributed by atoms with Gasteiger partial charge in [-0.15, -0.1) is 11.3 Å². The third kappa shape index (κ3) is 4.87. The van der Waals surface area contributed by atoms with Crippen LogP contribution in [0.1, 0.15) is 57.2 Å². The smallest absolute Gasteiger partial charge is 0.0701 e. The van der Waals surface area contributed by atoms with Crippen LogP contribution in [0.2, 0.25) is 0 Å². The summed E-state index contributed by atoms with van der Waals surface area (Å²) in [5, 5.41) is 3.59. The zero-order valence-corrected chi connectivity index (χ0v) is 14.6. The van der Waals surface area contributed by atoms with Crippen molar-refractivity contribution in [2.24, 2.45) is 5.41 Å². The number of aryl methyl sites for hydroxylation is 1. The molecule has 1 fully saturated rings. The van der Waals surface area contributed by atoms with Gasteiger partial charge in [0.1, 0.15) is 0 Å². The normalized spacial score (nSPS) is 18.3. The Morgan fingerprint density at radius 1 is 1.26 bits per heavy atom. The Balaban J connectivity index is 1.84. The van der Waals surface area contributed by atoms with Crippen LogP contribution in [0.15, 0.2) is 15.9 Å². The molecule has 0 saturated heterocycles. The molecule has 0 bridgehead atoms. The fraction of sp³-hybridized carbons (Fsp3) is 0.750. The average molecular weight is 344 g/mol. The topological polar surface area (TPSA) is 12.0 Å². The molecule has 1 aromatic heterocycles. The minimum absolute atomic E-state index is 0.617. The van der Waals surface area contributed by atoms with Gasteiger partial charge in [-0.25, -0.2) is 0 Å². The first-order chi connectivity index (χ1) is 9.10. The van der Waals surface area contributed by atoms with Crippen LogP contribution < -0.4 is 5.32 Å². The molecule has 0 aromatic carbocycles. The molecule has 0 unspecified atom stereocenters. The molecular weight excluding hydrogens is 318 g/mol. The van der Waals surface area contributed by atoms with Crippen molar-refractivity contribution in [2.45, 2.75) is 64.8 Å². The molecule has 1 nitrogen and oxygen atoms in total. The Kier molecular flexibility index (Phi) is 5.91. The summed E-state index contributed by atoms with van der Waals surface area (Å²) in [4.78, 5) is 1.54. The lowest BCUT2D eigenvalue weighted by molar-refractivity contribution is 0.243. The molecule has 0 amide bonds. The maximum absolute atomic E-state index is 3.59. The van der Waals surface area contributed by atoms with E-state index >= 15 is 0 Å². The van der Waals surface area contributed by atoms with E-state index in [1.807, 2.05) is 11.3 Å². The quantitative estimate of drug-likeness (QED) is 0.699. The molecule has 0 atom stereocenters. The summed E-state index contributed by atoms with van der Waals surface area (Å²) >= 11 is 5.47. The van der Waals surface area contributed by atoms with E-state index in [4.69, 9.17) is 0 Å². The first-order valence-electron chi connectivity index (χ1n) is 7.57. The van der Waals surface area contributed by atoms with Crippen LogP contribution in [0.3, 0.4) is 0 Å². The van der Waals surface area contributed by atoms with Crippen LogP contribution in [0.4, 0.5) is 0 Å². The highest BCUT2D eigenvalue weighted by Gasteiger charge is 2.32. The lowest BCUT2D eigenvalue weighted by Gasteiger charge is -2.29. The standard InChI is InChI=1S/C16H26BrNS/c1-13(2)18-12-11-16(8-3-4-9-16)10-7-14-5-6-15(17)19-14/h5-6,13,18H,3-4,7-12H2,1-2H3. The van der Waals surface area contributed by atoms with E-state index in [1.54, 1.807) is 0 Å². The van der Waals surface area contributed by atoms with Crippen molar-refractivity contribution in [3.8, 4) is 0 Å². The second-order valence-corrected chi connectivity index (χ2v) is 8.82. The van der Waals surface area contributed by atoms with Gasteiger partial charge in [-0.2, -0.15) is 0 Å². The van der Waals surface area contributed by atoms with Crippen LogP contribution >= 0.6 is 27.3 Å². The van der Waals surface area contributed by atoms with E-state index in [-0.39, 0.29) is 0 Å². The van der Waals surface area contributed by atoms with Crippen LogP contribution in [0.5, 0.6) is 0 Å². The number of nitrogens with one attached hydrogen (secondary N) is 1. The van der Waals surface area contributed by atoms with Crippen LogP contribution in [-0.4, -0.2) is 12.6 Å². The monoisotopic (exact) mass is 343 g/mol. The fourth-order valence-corrected chi connectivity index (χ4v) is 4.73. The Bertz CT molecular complexity index is 380. The first kappa shape index (κ1) is 15.5. The molecule has 0 spiro atoms. The Morgan fingerprint density at radius 2 is 2.00 bits per heavy atom. The number of thiophene rings is 1. The van der Waals surface area contributed by atoms with Crippen LogP contribution in [0, 0.1) is 5.41 Å². The molecule has 3 heteroatoms. The van der Waals surface area contributed by atoms with Gasteiger partial charge in [0, 0.05) is 10.9 Å². The van der Waals surface area contributed by atoms with Gasteiger partial charge in [-0.1, -0.05) is 26.7 Å². The summed E-state index contributed by atoms with van der Waals surface area (Å²) in [6, 6.07) is 5.08. The van der Waals surface area contributed by atoms with Crippen molar-refractivity contribution in [2.75, 3.05) is 6.54 Å². The van der Waals surface area contributed by atoms with Gasteiger partial charge in [0.05, 0.1) is 3.79 Å². The maximum Gasteiger partial charge on any atom is 0.0701 e. The Hall–Kier alpha value is 0.140. The average Bonchev–Trinajstić information content (AvgIpc) is 2.96. The second kappa shape index (κ2) is 7.24. The number of rotatable bonds is 7.